The van der Waals surface area contributed by atoms with Gasteiger partial charge < -0.3 is 0 Å². The largest absolute Gasteiger partial charge is 0.402 e. The van der Waals surface area contributed by atoms with Gasteiger partial charge >= 0.3 is 6.18 Å². The van der Waals surface area contributed by atoms with Crippen molar-refractivity contribution in [3.63, 3.8) is 0 Å². The normalized spacial score (nSPS) is 16.7. The van der Waals surface area contributed by atoms with E-state index in [1.807, 2.05) is 0 Å². The number of hydrogen-bond donors (Lipinski definition) is 0. The van der Waals surface area contributed by atoms with E-state index in [2.05, 4.69) is 15.9 Å². The summed E-state index contributed by atoms with van der Waals surface area (Å²) in [6.45, 7) is -1.47. The van der Waals surface area contributed by atoms with Crippen LogP contribution in [0.4, 0.5) is 13.2 Å². The standard InChI is InChI=1S/C11H10BrClF3NO2S/c12-9-5-8(3-4-10(9)13)20(18,19)17(7-1-2-7)6-11(14,15)16/h3-5,7H,1-2,6H2. The van der Waals surface area contributed by atoms with Gasteiger partial charge in [0, 0.05) is 10.5 Å². The van der Waals surface area contributed by atoms with E-state index in [1.165, 1.54) is 18.2 Å². The molecule has 0 aromatic heterocycles. The van der Waals surface area contributed by atoms with E-state index in [0.717, 1.165) is 0 Å². The van der Waals surface area contributed by atoms with E-state index in [4.69, 9.17) is 11.6 Å². The molecule has 1 fully saturated rings. The van der Waals surface area contributed by atoms with Gasteiger partial charge in [0.1, 0.15) is 6.54 Å². The zero-order valence-electron chi connectivity index (χ0n) is 9.99. The maximum Gasteiger partial charge on any atom is 0.402 e. The zero-order chi connectivity index (χ0) is 15.1. The third-order valence-corrected chi connectivity index (χ3v) is 5.90. The first kappa shape index (κ1) is 16.1. The molecular weight excluding hydrogens is 383 g/mol. The van der Waals surface area contributed by atoms with Crippen LogP contribution in [0.2, 0.25) is 5.02 Å². The molecule has 20 heavy (non-hydrogen) atoms. The number of halogens is 5. The van der Waals surface area contributed by atoms with E-state index < -0.39 is 28.8 Å². The molecule has 0 radical (unpaired) electrons. The van der Waals surface area contributed by atoms with Crippen LogP contribution in [0.25, 0.3) is 0 Å². The molecular formula is C11H10BrClF3NO2S. The molecule has 0 atom stereocenters. The Morgan fingerprint density at radius 1 is 1.35 bits per heavy atom. The Balaban J connectivity index is 2.37. The van der Waals surface area contributed by atoms with E-state index in [9.17, 15) is 21.6 Å². The van der Waals surface area contributed by atoms with Crippen LogP contribution in [0.15, 0.2) is 27.6 Å². The van der Waals surface area contributed by atoms with Gasteiger partial charge in [0.05, 0.1) is 9.92 Å². The number of nitrogens with zero attached hydrogens (tertiary/aromatic N) is 1. The molecule has 0 aliphatic heterocycles. The summed E-state index contributed by atoms with van der Waals surface area (Å²) in [6.07, 6.45) is -3.67. The first-order chi connectivity index (χ1) is 9.11. The Hall–Kier alpha value is -0.310. The summed E-state index contributed by atoms with van der Waals surface area (Å²) in [6, 6.07) is 3.17. The van der Waals surface area contributed by atoms with Gasteiger partial charge in [-0.3, -0.25) is 0 Å². The number of hydrogen-bond acceptors (Lipinski definition) is 2. The SMILES string of the molecule is O=S(=O)(c1ccc(Cl)c(Br)c1)N(CC(F)(F)F)C1CC1. The summed E-state index contributed by atoms with van der Waals surface area (Å²) < 4.78 is 63.1. The van der Waals surface area contributed by atoms with Gasteiger partial charge in [-0.25, -0.2) is 8.42 Å². The Morgan fingerprint density at radius 2 is 1.95 bits per heavy atom. The summed E-state index contributed by atoms with van der Waals surface area (Å²) in [4.78, 5) is -0.204. The topological polar surface area (TPSA) is 37.4 Å². The Labute approximate surface area is 127 Å². The van der Waals surface area contributed by atoms with Gasteiger partial charge in [0.25, 0.3) is 0 Å². The lowest BCUT2D eigenvalue weighted by atomic mass is 10.4. The smallest absolute Gasteiger partial charge is 0.207 e. The molecule has 0 saturated heterocycles. The maximum absolute atomic E-state index is 12.5. The van der Waals surface area contributed by atoms with Crippen LogP contribution in [0.1, 0.15) is 12.8 Å². The van der Waals surface area contributed by atoms with Crippen LogP contribution in [0, 0.1) is 0 Å². The van der Waals surface area contributed by atoms with E-state index in [1.54, 1.807) is 0 Å². The lowest BCUT2D eigenvalue weighted by Gasteiger charge is -2.23. The predicted molar refractivity (Wildman–Crippen MR) is 72.1 cm³/mol. The quantitative estimate of drug-likeness (QED) is 0.781. The highest BCUT2D eigenvalue weighted by atomic mass is 79.9. The molecule has 0 N–H and O–H groups in total. The molecule has 0 spiro atoms. The van der Waals surface area contributed by atoms with Gasteiger partial charge in [-0.1, -0.05) is 11.6 Å². The minimum absolute atomic E-state index is 0.204. The third-order valence-electron chi connectivity index (χ3n) is 2.79. The lowest BCUT2D eigenvalue weighted by Crippen LogP contribution is -2.40. The second kappa shape index (κ2) is 5.47. The van der Waals surface area contributed by atoms with Gasteiger partial charge in [-0.15, -0.1) is 0 Å². The average Bonchev–Trinajstić information content (AvgIpc) is 3.12. The van der Waals surface area contributed by atoms with Crippen LogP contribution in [0.5, 0.6) is 0 Å². The van der Waals surface area contributed by atoms with Crippen LogP contribution >= 0.6 is 27.5 Å². The van der Waals surface area contributed by atoms with Crippen molar-refractivity contribution in [3.8, 4) is 0 Å². The highest BCUT2D eigenvalue weighted by molar-refractivity contribution is 9.10. The molecule has 2 rings (SSSR count). The van der Waals surface area contributed by atoms with Gasteiger partial charge in [-0.2, -0.15) is 17.5 Å². The fourth-order valence-electron chi connectivity index (χ4n) is 1.72. The van der Waals surface area contributed by atoms with Crippen LogP contribution in [-0.2, 0) is 10.0 Å². The maximum atomic E-state index is 12.5. The number of sulfonamides is 1. The van der Waals surface area contributed by atoms with E-state index >= 15 is 0 Å². The van der Waals surface area contributed by atoms with E-state index in [0.29, 0.717) is 21.6 Å². The van der Waals surface area contributed by atoms with Crippen molar-refractivity contribution in [2.24, 2.45) is 0 Å². The molecule has 1 aromatic carbocycles. The van der Waals surface area contributed by atoms with Crippen molar-refractivity contribution in [1.82, 2.24) is 4.31 Å². The fourth-order valence-corrected chi connectivity index (χ4v) is 4.07. The molecule has 1 aliphatic carbocycles. The minimum atomic E-state index is -4.57. The first-order valence-electron chi connectivity index (χ1n) is 5.65. The molecule has 0 unspecified atom stereocenters. The molecule has 9 heteroatoms. The molecule has 3 nitrogen and oxygen atoms in total. The average molecular weight is 393 g/mol. The summed E-state index contributed by atoms with van der Waals surface area (Å²) in [5, 5.41) is 0.290. The van der Waals surface area contributed by atoms with Gasteiger partial charge in [0.15, 0.2) is 0 Å². The van der Waals surface area contributed by atoms with Crippen LogP contribution < -0.4 is 0 Å². The third kappa shape index (κ3) is 3.66. The highest BCUT2D eigenvalue weighted by Gasteiger charge is 2.44. The first-order valence-corrected chi connectivity index (χ1v) is 8.26. The van der Waals surface area contributed by atoms with Crippen LogP contribution in [0.3, 0.4) is 0 Å². The molecule has 0 amide bonds. The van der Waals surface area contributed by atoms with Crippen molar-refractivity contribution in [2.45, 2.75) is 30.0 Å². The fraction of sp³-hybridized carbons (Fsp3) is 0.455. The molecule has 1 aromatic rings. The second-order valence-electron chi connectivity index (χ2n) is 4.47. The monoisotopic (exact) mass is 391 g/mol. The van der Waals surface area contributed by atoms with Crippen molar-refractivity contribution >= 4 is 37.6 Å². The highest BCUT2D eigenvalue weighted by Crippen LogP contribution is 2.36. The molecule has 0 bridgehead atoms. The minimum Gasteiger partial charge on any atom is -0.207 e. The molecule has 112 valence electrons. The Kier molecular flexibility index (Phi) is 4.40. The van der Waals surface area contributed by atoms with Crippen molar-refractivity contribution < 1.29 is 21.6 Å². The lowest BCUT2D eigenvalue weighted by molar-refractivity contribution is -0.137. The summed E-state index contributed by atoms with van der Waals surface area (Å²) in [5.41, 5.74) is 0. The second-order valence-corrected chi connectivity index (χ2v) is 7.62. The van der Waals surface area contributed by atoms with Gasteiger partial charge in [0.2, 0.25) is 10.0 Å². The molecule has 0 heterocycles. The van der Waals surface area contributed by atoms with Gasteiger partial charge in [-0.05, 0) is 47.0 Å². The number of alkyl halides is 3. The molecule has 1 aliphatic rings. The summed E-state index contributed by atoms with van der Waals surface area (Å²) in [7, 11) is -4.19. The molecule has 1 saturated carbocycles. The van der Waals surface area contributed by atoms with Crippen molar-refractivity contribution in [1.29, 1.82) is 0 Å². The Morgan fingerprint density at radius 3 is 2.40 bits per heavy atom. The van der Waals surface area contributed by atoms with Crippen molar-refractivity contribution in [3.05, 3.63) is 27.7 Å². The summed E-state index contributed by atoms with van der Waals surface area (Å²) >= 11 is 8.82. The van der Waals surface area contributed by atoms with E-state index in [-0.39, 0.29) is 9.92 Å². The van der Waals surface area contributed by atoms with Crippen molar-refractivity contribution in [2.75, 3.05) is 6.54 Å². The zero-order valence-corrected chi connectivity index (χ0v) is 13.2. The van der Waals surface area contributed by atoms with Crippen LogP contribution in [-0.4, -0.2) is 31.5 Å². The number of rotatable bonds is 4. The predicted octanol–water partition coefficient (Wildman–Crippen LogP) is 3.82. The Bertz CT molecular complexity index is 617. The number of benzene rings is 1. The summed E-state index contributed by atoms with van der Waals surface area (Å²) in [5.74, 6) is 0.